The highest BCUT2D eigenvalue weighted by Gasteiger charge is 2.45. The normalized spacial score (nSPS) is 12.6. The van der Waals surface area contributed by atoms with Gasteiger partial charge in [-0.3, -0.25) is 0 Å². The number of rotatable bonds is 7. The average molecular weight is 212 g/mol. The molecule has 0 spiro atoms. The Morgan fingerprint density at radius 2 is 1.57 bits per heavy atom. The maximum absolute atomic E-state index is 6.07. The van der Waals surface area contributed by atoms with Crippen molar-refractivity contribution in [2.75, 3.05) is 6.61 Å². The summed E-state index contributed by atoms with van der Waals surface area (Å²) in [5, 5.41) is -0.00743. The summed E-state index contributed by atoms with van der Waals surface area (Å²) in [7, 11) is -1.73. The predicted octanol–water partition coefficient (Wildman–Crippen LogP) is 4.14. The molecule has 14 heavy (non-hydrogen) atoms. The predicted molar refractivity (Wildman–Crippen MR) is 67.1 cm³/mol. The third-order valence-corrected chi connectivity index (χ3v) is 8.89. The van der Waals surface area contributed by atoms with Crippen LogP contribution >= 0.6 is 0 Å². The SMILES string of the molecule is C=CC(C)(C=C)[Si](CC)(CC)OCC. The molecule has 0 aromatic heterocycles. The first-order chi connectivity index (χ1) is 6.55. The lowest BCUT2D eigenvalue weighted by molar-refractivity contribution is 0.308. The van der Waals surface area contributed by atoms with Crippen LogP contribution in [0.25, 0.3) is 0 Å². The zero-order valence-electron chi connectivity index (χ0n) is 10.1. The van der Waals surface area contributed by atoms with Crippen molar-refractivity contribution in [3.05, 3.63) is 25.3 Å². The van der Waals surface area contributed by atoms with E-state index in [4.69, 9.17) is 4.43 Å². The Kier molecular flexibility index (Phi) is 5.38. The molecular weight excluding hydrogens is 188 g/mol. The van der Waals surface area contributed by atoms with Crippen molar-refractivity contribution in [1.82, 2.24) is 0 Å². The molecule has 0 aromatic rings. The number of hydrogen-bond donors (Lipinski definition) is 0. The van der Waals surface area contributed by atoms with Crippen LogP contribution in [0.15, 0.2) is 25.3 Å². The molecule has 0 amide bonds. The average Bonchev–Trinajstić information content (AvgIpc) is 2.24. The molecule has 2 heteroatoms. The standard InChI is InChI=1S/C12H24OSi/c1-7-12(6,8-2)14(10-4,11-5)13-9-3/h7-8H,1-2,9-11H2,3-6H3. The molecule has 0 saturated carbocycles. The van der Waals surface area contributed by atoms with Crippen LogP contribution in [-0.4, -0.2) is 14.9 Å². The lowest BCUT2D eigenvalue weighted by Gasteiger charge is -2.41. The third kappa shape index (κ3) is 2.18. The van der Waals surface area contributed by atoms with Gasteiger partial charge in [0.1, 0.15) is 0 Å². The Morgan fingerprint density at radius 3 is 1.79 bits per heavy atom. The van der Waals surface area contributed by atoms with Gasteiger partial charge in [-0.15, -0.1) is 13.2 Å². The van der Waals surface area contributed by atoms with Crippen LogP contribution in [0.5, 0.6) is 0 Å². The van der Waals surface area contributed by atoms with Crippen LogP contribution in [-0.2, 0) is 4.43 Å². The quantitative estimate of drug-likeness (QED) is 0.455. The fourth-order valence-electron chi connectivity index (χ4n) is 2.10. The van der Waals surface area contributed by atoms with E-state index in [1.54, 1.807) is 0 Å². The van der Waals surface area contributed by atoms with Crippen molar-refractivity contribution >= 4 is 8.32 Å². The molecule has 0 N–H and O–H groups in total. The van der Waals surface area contributed by atoms with Crippen LogP contribution in [0.4, 0.5) is 0 Å². The second-order valence-electron chi connectivity index (χ2n) is 3.83. The van der Waals surface area contributed by atoms with E-state index in [-0.39, 0.29) is 5.04 Å². The van der Waals surface area contributed by atoms with Crippen LogP contribution in [0.1, 0.15) is 27.7 Å². The van der Waals surface area contributed by atoms with Crippen LogP contribution in [0, 0.1) is 0 Å². The highest BCUT2D eigenvalue weighted by molar-refractivity contribution is 6.77. The summed E-state index contributed by atoms with van der Waals surface area (Å²) in [5.74, 6) is 0. The van der Waals surface area contributed by atoms with Gasteiger partial charge in [-0.1, -0.05) is 32.9 Å². The first-order valence-corrected chi connectivity index (χ1v) is 7.79. The first-order valence-electron chi connectivity index (χ1n) is 5.47. The Balaban J connectivity index is 5.12. The molecule has 0 aliphatic carbocycles. The summed E-state index contributed by atoms with van der Waals surface area (Å²) >= 11 is 0. The van der Waals surface area contributed by atoms with E-state index in [1.165, 1.54) is 0 Å². The zero-order valence-corrected chi connectivity index (χ0v) is 11.1. The fourth-order valence-corrected chi connectivity index (χ4v) is 6.14. The maximum atomic E-state index is 6.07. The topological polar surface area (TPSA) is 9.23 Å². The van der Waals surface area contributed by atoms with Gasteiger partial charge >= 0.3 is 0 Å². The van der Waals surface area contributed by atoms with E-state index in [2.05, 4.69) is 40.9 Å². The van der Waals surface area contributed by atoms with Gasteiger partial charge in [0.25, 0.3) is 0 Å². The molecule has 0 aliphatic heterocycles. The summed E-state index contributed by atoms with van der Waals surface area (Å²) < 4.78 is 6.07. The lowest BCUT2D eigenvalue weighted by atomic mass is 10.2. The van der Waals surface area contributed by atoms with Gasteiger partial charge in [0.2, 0.25) is 8.32 Å². The van der Waals surface area contributed by atoms with Crippen molar-refractivity contribution in [2.45, 2.75) is 44.8 Å². The molecule has 82 valence electrons. The van der Waals surface area contributed by atoms with Gasteiger partial charge in [-0.25, -0.2) is 0 Å². The third-order valence-electron chi connectivity index (χ3n) is 3.39. The van der Waals surface area contributed by atoms with Crippen LogP contribution < -0.4 is 0 Å². The van der Waals surface area contributed by atoms with Crippen molar-refractivity contribution in [1.29, 1.82) is 0 Å². The number of allylic oxidation sites excluding steroid dienone is 2. The molecule has 0 atom stereocenters. The highest BCUT2D eigenvalue weighted by atomic mass is 28.4. The largest absolute Gasteiger partial charge is 0.416 e. The molecule has 0 unspecified atom stereocenters. The molecule has 0 rings (SSSR count). The van der Waals surface area contributed by atoms with E-state index in [1.807, 2.05) is 12.2 Å². The number of hydrogen-bond acceptors (Lipinski definition) is 1. The molecular formula is C12H24OSi. The fraction of sp³-hybridized carbons (Fsp3) is 0.667. The molecule has 0 fully saturated rings. The van der Waals surface area contributed by atoms with Crippen molar-refractivity contribution in [3.63, 3.8) is 0 Å². The monoisotopic (exact) mass is 212 g/mol. The minimum Gasteiger partial charge on any atom is -0.416 e. The molecule has 0 aromatic carbocycles. The lowest BCUT2D eigenvalue weighted by Crippen LogP contribution is -2.46. The molecule has 1 nitrogen and oxygen atoms in total. The van der Waals surface area contributed by atoms with Gasteiger partial charge in [0.05, 0.1) is 0 Å². The second kappa shape index (κ2) is 5.52. The van der Waals surface area contributed by atoms with Crippen molar-refractivity contribution in [3.8, 4) is 0 Å². The van der Waals surface area contributed by atoms with Gasteiger partial charge < -0.3 is 4.43 Å². The van der Waals surface area contributed by atoms with E-state index in [0.29, 0.717) is 0 Å². The van der Waals surface area contributed by atoms with E-state index in [0.717, 1.165) is 18.7 Å². The molecule has 0 saturated heterocycles. The van der Waals surface area contributed by atoms with Crippen LogP contribution in [0.2, 0.25) is 17.1 Å². The smallest absolute Gasteiger partial charge is 0.205 e. The summed E-state index contributed by atoms with van der Waals surface area (Å²) in [6, 6.07) is 2.23. The summed E-state index contributed by atoms with van der Waals surface area (Å²) in [6.45, 7) is 17.4. The maximum Gasteiger partial charge on any atom is 0.205 e. The van der Waals surface area contributed by atoms with Crippen molar-refractivity contribution < 1.29 is 4.43 Å². The Labute approximate surface area is 90.0 Å². The second-order valence-corrected chi connectivity index (χ2v) is 8.59. The first kappa shape index (κ1) is 13.7. The summed E-state index contributed by atoms with van der Waals surface area (Å²) in [5.41, 5.74) is 0. The minimum atomic E-state index is -1.73. The highest BCUT2D eigenvalue weighted by Crippen LogP contribution is 2.45. The summed E-state index contributed by atoms with van der Waals surface area (Å²) in [4.78, 5) is 0. The Bertz CT molecular complexity index is 186. The van der Waals surface area contributed by atoms with Gasteiger partial charge in [-0.2, -0.15) is 0 Å². The van der Waals surface area contributed by atoms with Crippen molar-refractivity contribution in [2.24, 2.45) is 0 Å². The minimum absolute atomic E-state index is 0.00743. The molecule has 0 aliphatic rings. The van der Waals surface area contributed by atoms with Gasteiger partial charge in [-0.05, 0) is 19.0 Å². The molecule has 0 radical (unpaired) electrons. The molecule has 0 bridgehead atoms. The zero-order chi connectivity index (χ0) is 11.2. The van der Waals surface area contributed by atoms with Crippen LogP contribution in [0.3, 0.4) is 0 Å². The summed E-state index contributed by atoms with van der Waals surface area (Å²) in [6.07, 6.45) is 4.02. The van der Waals surface area contributed by atoms with Gasteiger partial charge in [0, 0.05) is 11.6 Å². The Hall–Kier alpha value is -0.343. The van der Waals surface area contributed by atoms with Gasteiger partial charge in [0.15, 0.2) is 0 Å². The Morgan fingerprint density at radius 1 is 1.14 bits per heavy atom. The van der Waals surface area contributed by atoms with E-state index >= 15 is 0 Å². The van der Waals surface area contributed by atoms with E-state index < -0.39 is 8.32 Å². The van der Waals surface area contributed by atoms with E-state index in [9.17, 15) is 0 Å². The molecule has 0 heterocycles.